The quantitative estimate of drug-likeness (QED) is 0.827. The zero-order chi connectivity index (χ0) is 15.4. The molecular weight excluding hydrogens is 270 g/mol. The van der Waals surface area contributed by atoms with Crippen molar-refractivity contribution in [1.82, 2.24) is 15.0 Å². The number of ether oxygens (including phenoxy) is 1. The summed E-state index contributed by atoms with van der Waals surface area (Å²) in [6.45, 7) is 4.54. The first-order valence-electron chi connectivity index (χ1n) is 6.56. The maximum absolute atomic E-state index is 10.8. The summed E-state index contributed by atoms with van der Waals surface area (Å²) < 4.78 is 6.76. The lowest BCUT2D eigenvalue weighted by atomic mass is 10.1. The topological polar surface area (TPSA) is 95.1 Å². The van der Waals surface area contributed by atoms with Crippen LogP contribution in [0.1, 0.15) is 16.8 Å². The van der Waals surface area contributed by atoms with Crippen molar-refractivity contribution < 1.29 is 9.53 Å². The van der Waals surface area contributed by atoms with Gasteiger partial charge < -0.3 is 15.8 Å². The SMILES string of the molecule is COc1cc(C)cc(NCc2cn(CC(N)=O)nn2)c1C. The summed E-state index contributed by atoms with van der Waals surface area (Å²) in [5, 5.41) is 11.1. The van der Waals surface area contributed by atoms with E-state index in [0.717, 1.165) is 28.3 Å². The van der Waals surface area contributed by atoms with E-state index in [2.05, 4.69) is 15.6 Å². The number of nitrogens with zero attached hydrogens (tertiary/aromatic N) is 3. The maximum Gasteiger partial charge on any atom is 0.239 e. The fourth-order valence-corrected chi connectivity index (χ4v) is 2.06. The van der Waals surface area contributed by atoms with E-state index in [9.17, 15) is 4.79 Å². The van der Waals surface area contributed by atoms with Crippen LogP contribution >= 0.6 is 0 Å². The predicted octanol–water partition coefficient (Wildman–Crippen LogP) is 1.00. The van der Waals surface area contributed by atoms with E-state index < -0.39 is 5.91 Å². The van der Waals surface area contributed by atoms with Crippen LogP contribution in [0, 0.1) is 13.8 Å². The lowest BCUT2D eigenvalue weighted by Crippen LogP contribution is -2.18. The Morgan fingerprint density at radius 1 is 1.43 bits per heavy atom. The summed E-state index contributed by atoms with van der Waals surface area (Å²) in [5.41, 5.74) is 8.97. The molecule has 1 heterocycles. The normalized spacial score (nSPS) is 10.4. The summed E-state index contributed by atoms with van der Waals surface area (Å²) in [4.78, 5) is 10.8. The third kappa shape index (κ3) is 3.71. The van der Waals surface area contributed by atoms with Crippen LogP contribution in [0.25, 0.3) is 0 Å². The predicted molar refractivity (Wildman–Crippen MR) is 79.0 cm³/mol. The Hall–Kier alpha value is -2.57. The van der Waals surface area contributed by atoms with Crippen LogP contribution in [0.4, 0.5) is 5.69 Å². The standard InChI is InChI=1S/C14H19N5O2/c1-9-4-12(10(2)13(5-9)21-3)16-6-11-7-19(18-17-11)8-14(15)20/h4-5,7,16H,6,8H2,1-3H3,(H2,15,20). The molecule has 0 radical (unpaired) electrons. The molecular formula is C14H19N5O2. The van der Waals surface area contributed by atoms with Crippen molar-refractivity contribution in [2.45, 2.75) is 26.9 Å². The summed E-state index contributed by atoms with van der Waals surface area (Å²) in [6.07, 6.45) is 1.69. The van der Waals surface area contributed by atoms with Crippen molar-refractivity contribution in [1.29, 1.82) is 0 Å². The zero-order valence-electron chi connectivity index (χ0n) is 12.4. The van der Waals surface area contributed by atoms with E-state index in [0.29, 0.717) is 6.54 Å². The van der Waals surface area contributed by atoms with Crippen LogP contribution in [0.15, 0.2) is 18.3 Å². The number of benzene rings is 1. The Balaban J connectivity index is 2.07. The smallest absolute Gasteiger partial charge is 0.239 e. The average molecular weight is 289 g/mol. The largest absolute Gasteiger partial charge is 0.496 e. The molecule has 3 N–H and O–H groups in total. The van der Waals surface area contributed by atoms with Crippen LogP contribution in [-0.2, 0) is 17.9 Å². The summed E-state index contributed by atoms with van der Waals surface area (Å²) in [6, 6.07) is 4.04. The second-order valence-electron chi connectivity index (χ2n) is 4.87. The first-order valence-corrected chi connectivity index (χ1v) is 6.56. The Kier molecular flexibility index (Phi) is 4.42. The molecule has 7 nitrogen and oxygen atoms in total. The molecule has 2 aromatic rings. The minimum atomic E-state index is -0.446. The van der Waals surface area contributed by atoms with Gasteiger partial charge in [-0.2, -0.15) is 0 Å². The molecule has 21 heavy (non-hydrogen) atoms. The lowest BCUT2D eigenvalue weighted by molar-refractivity contribution is -0.118. The highest BCUT2D eigenvalue weighted by Gasteiger charge is 2.08. The average Bonchev–Trinajstić information content (AvgIpc) is 2.86. The highest BCUT2D eigenvalue weighted by Crippen LogP contribution is 2.27. The Bertz CT molecular complexity index is 651. The molecule has 0 aliphatic heterocycles. The van der Waals surface area contributed by atoms with Gasteiger partial charge in [0.2, 0.25) is 5.91 Å². The van der Waals surface area contributed by atoms with Crippen LogP contribution in [-0.4, -0.2) is 28.0 Å². The van der Waals surface area contributed by atoms with E-state index >= 15 is 0 Å². The molecule has 0 spiro atoms. The molecule has 0 atom stereocenters. The van der Waals surface area contributed by atoms with Gasteiger partial charge in [0.05, 0.1) is 19.9 Å². The molecule has 1 aromatic heterocycles. The Morgan fingerprint density at radius 3 is 2.86 bits per heavy atom. The number of carbonyl (C=O) groups excluding carboxylic acids is 1. The van der Waals surface area contributed by atoms with Crippen molar-refractivity contribution in [3.05, 3.63) is 35.2 Å². The number of rotatable bonds is 6. The van der Waals surface area contributed by atoms with E-state index in [4.69, 9.17) is 10.5 Å². The van der Waals surface area contributed by atoms with Gasteiger partial charge in [0.1, 0.15) is 18.0 Å². The number of nitrogens with two attached hydrogens (primary N) is 1. The molecule has 1 amide bonds. The Labute approximate surface area is 123 Å². The van der Waals surface area contributed by atoms with Gasteiger partial charge in [0, 0.05) is 11.3 Å². The van der Waals surface area contributed by atoms with Gasteiger partial charge in [0.25, 0.3) is 0 Å². The van der Waals surface area contributed by atoms with Crippen molar-refractivity contribution in [2.75, 3.05) is 12.4 Å². The molecule has 0 unspecified atom stereocenters. The second-order valence-corrected chi connectivity index (χ2v) is 4.87. The van der Waals surface area contributed by atoms with Crippen LogP contribution < -0.4 is 15.8 Å². The van der Waals surface area contributed by atoms with Crippen molar-refractivity contribution in [3.8, 4) is 5.75 Å². The molecule has 1 aromatic carbocycles. The van der Waals surface area contributed by atoms with Gasteiger partial charge in [-0.25, -0.2) is 4.68 Å². The Morgan fingerprint density at radius 2 is 2.19 bits per heavy atom. The van der Waals surface area contributed by atoms with Crippen LogP contribution in [0.2, 0.25) is 0 Å². The van der Waals surface area contributed by atoms with Gasteiger partial charge in [-0.05, 0) is 31.5 Å². The van der Waals surface area contributed by atoms with Crippen molar-refractivity contribution in [2.24, 2.45) is 5.73 Å². The van der Waals surface area contributed by atoms with Gasteiger partial charge in [-0.3, -0.25) is 4.79 Å². The summed E-state index contributed by atoms with van der Waals surface area (Å²) in [7, 11) is 1.65. The van der Waals surface area contributed by atoms with E-state index in [1.165, 1.54) is 4.68 Å². The first kappa shape index (κ1) is 14.8. The molecule has 0 aliphatic rings. The highest BCUT2D eigenvalue weighted by atomic mass is 16.5. The number of nitrogens with one attached hydrogen (secondary N) is 1. The number of aromatic nitrogens is 3. The van der Waals surface area contributed by atoms with Crippen LogP contribution in [0.3, 0.4) is 0 Å². The number of carbonyl (C=O) groups is 1. The molecule has 0 aliphatic carbocycles. The monoisotopic (exact) mass is 289 g/mol. The molecule has 2 rings (SSSR count). The minimum Gasteiger partial charge on any atom is -0.496 e. The van der Waals surface area contributed by atoms with Gasteiger partial charge in [-0.15, -0.1) is 5.10 Å². The van der Waals surface area contributed by atoms with Crippen LogP contribution in [0.5, 0.6) is 5.75 Å². The molecule has 0 fully saturated rings. The van der Waals surface area contributed by atoms with Gasteiger partial charge in [-0.1, -0.05) is 5.21 Å². The molecule has 0 saturated heterocycles. The number of aryl methyl sites for hydroxylation is 1. The number of primary amides is 1. The third-order valence-corrected chi connectivity index (χ3v) is 3.09. The fourth-order valence-electron chi connectivity index (χ4n) is 2.06. The molecule has 0 bridgehead atoms. The fraction of sp³-hybridized carbons (Fsp3) is 0.357. The van der Waals surface area contributed by atoms with E-state index in [1.54, 1.807) is 13.3 Å². The first-order chi connectivity index (χ1) is 9.99. The lowest BCUT2D eigenvalue weighted by Gasteiger charge is -2.13. The molecule has 7 heteroatoms. The number of amides is 1. The second kappa shape index (κ2) is 6.25. The van der Waals surface area contributed by atoms with Gasteiger partial charge in [0.15, 0.2) is 0 Å². The minimum absolute atomic E-state index is 0.0320. The third-order valence-electron chi connectivity index (χ3n) is 3.09. The number of hydrogen-bond acceptors (Lipinski definition) is 5. The number of anilines is 1. The summed E-state index contributed by atoms with van der Waals surface area (Å²) in [5.74, 6) is 0.397. The van der Waals surface area contributed by atoms with Gasteiger partial charge >= 0.3 is 0 Å². The van der Waals surface area contributed by atoms with E-state index in [1.807, 2.05) is 26.0 Å². The summed E-state index contributed by atoms with van der Waals surface area (Å²) >= 11 is 0. The number of hydrogen-bond donors (Lipinski definition) is 2. The molecule has 0 saturated carbocycles. The van der Waals surface area contributed by atoms with Crippen molar-refractivity contribution >= 4 is 11.6 Å². The molecule has 112 valence electrons. The number of methoxy groups -OCH3 is 1. The highest BCUT2D eigenvalue weighted by molar-refractivity contribution is 5.73. The zero-order valence-corrected chi connectivity index (χ0v) is 12.4. The maximum atomic E-state index is 10.8. The van der Waals surface area contributed by atoms with E-state index in [-0.39, 0.29) is 6.54 Å². The van der Waals surface area contributed by atoms with Crippen molar-refractivity contribution in [3.63, 3.8) is 0 Å².